The van der Waals surface area contributed by atoms with Crippen LogP contribution in [0.15, 0.2) is 10.6 Å². The predicted molar refractivity (Wildman–Crippen MR) is 96.3 cm³/mol. The van der Waals surface area contributed by atoms with E-state index >= 15 is 0 Å². The van der Waals surface area contributed by atoms with Crippen LogP contribution in [0, 0.1) is 13.8 Å². The van der Waals surface area contributed by atoms with Crippen molar-refractivity contribution in [2.45, 2.75) is 20.4 Å². The van der Waals surface area contributed by atoms with Crippen LogP contribution in [-0.2, 0) is 11.3 Å². The predicted octanol–water partition coefficient (Wildman–Crippen LogP) is 0.635. The van der Waals surface area contributed by atoms with E-state index < -0.39 is 0 Å². The van der Waals surface area contributed by atoms with E-state index in [1.54, 1.807) is 0 Å². The first-order chi connectivity index (χ1) is 12.7. The van der Waals surface area contributed by atoms with Gasteiger partial charge in [-0.1, -0.05) is 5.16 Å². The molecule has 0 bridgehead atoms. The maximum atomic E-state index is 5.43. The Morgan fingerprint density at radius 1 is 0.923 bits per heavy atom. The van der Waals surface area contributed by atoms with Crippen LogP contribution in [0.2, 0.25) is 0 Å². The molecule has 0 spiro atoms. The summed E-state index contributed by atoms with van der Waals surface area (Å²) in [4.78, 5) is 20.6. The van der Waals surface area contributed by atoms with Crippen LogP contribution < -0.4 is 9.80 Å². The van der Waals surface area contributed by atoms with Gasteiger partial charge in [0.2, 0.25) is 11.8 Å². The standard InChI is InChI=1S/C17H25N7O2/c1-13-11-15(20-17(18-13)24-7-9-25-10-8-24)23-5-3-22(4-6-23)12-16-19-14(2)21-26-16/h11H,3-10,12H2,1-2H3. The Hall–Kier alpha value is -2.26. The minimum Gasteiger partial charge on any atom is -0.378 e. The first-order valence-electron chi connectivity index (χ1n) is 9.12. The number of piperazine rings is 1. The van der Waals surface area contributed by atoms with E-state index in [1.807, 2.05) is 13.8 Å². The molecule has 0 aromatic carbocycles. The minimum absolute atomic E-state index is 0.684. The molecule has 2 aromatic heterocycles. The van der Waals surface area contributed by atoms with Crippen LogP contribution in [0.4, 0.5) is 11.8 Å². The highest BCUT2D eigenvalue weighted by molar-refractivity contribution is 5.46. The van der Waals surface area contributed by atoms with Gasteiger partial charge >= 0.3 is 0 Å². The molecule has 0 atom stereocenters. The zero-order valence-electron chi connectivity index (χ0n) is 15.4. The highest BCUT2D eigenvalue weighted by Crippen LogP contribution is 2.20. The first-order valence-corrected chi connectivity index (χ1v) is 9.12. The number of nitrogens with zero attached hydrogens (tertiary/aromatic N) is 7. The monoisotopic (exact) mass is 359 g/mol. The molecule has 9 heteroatoms. The number of aromatic nitrogens is 4. The SMILES string of the molecule is Cc1cc(N2CCN(Cc3nc(C)no3)CC2)nc(N2CCOCC2)n1. The average molecular weight is 359 g/mol. The van der Waals surface area contributed by atoms with Crippen molar-refractivity contribution in [1.29, 1.82) is 0 Å². The van der Waals surface area contributed by atoms with Gasteiger partial charge in [-0.3, -0.25) is 4.90 Å². The number of rotatable bonds is 4. The highest BCUT2D eigenvalue weighted by atomic mass is 16.5. The summed E-state index contributed by atoms with van der Waals surface area (Å²) in [6.07, 6.45) is 0. The molecule has 2 aromatic rings. The summed E-state index contributed by atoms with van der Waals surface area (Å²) in [6, 6.07) is 2.07. The number of ether oxygens (including phenoxy) is 1. The van der Waals surface area contributed by atoms with E-state index in [-0.39, 0.29) is 0 Å². The van der Waals surface area contributed by atoms with Gasteiger partial charge in [-0.05, 0) is 13.8 Å². The summed E-state index contributed by atoms with van der Waals surface area (Å²) in [5.74, 6) is 3.19. The van der Waals surface area contributed by atoms with Gasteiger partial charge in [0.25, 0.3) is 0 Å². The fourth-order valence-electron chi connectivity index (χ4n) is 3.33. The normalized spacial score (nSPS) is 19.2. The Kier molecular flexibility index (Phi) is 4.98. The first kappa shape index (κ1) is 17.2. The topological polar surface area (TPSA) is 83.7 Å². The van der Waals surface area contributed by atoms with Crippen LogP contribution in [0.1, 0.15) is 17.4 Å². The second-order valence-electron chi connectivity index (χ2n) is 6.77. The third kappa shape index (κ3) is 3.94. The van der Waals surface area contributed by atoms with Gasteiger partial charge in [0.1, 0.15) is 5.82 Å². The lowest BCUT2D eigenvalue weighted by Gasteiger charge is -2.35. The maximum Gasteiger partial charge on any atom is 0.240 e. The number of aryl methyl sites for hydroxylation is 2. The lowest BCUT2D eigenvalue weighted by molar-refractivity contribution is 0.122. The Labute approximate surface area is 153 Å². The van der Waals surface area contributed by atoms with E-state index in [0.29, 0.717) is 18.3 Å². The van der Waals surface area contributed by atoms with Crippen molar-refractivity contribution in [2.24, 2.45) is 0 Å². The molecular formula is C17H25N7O2. The molecular weight excluding hydrogens is 334 g/mol. The quantitative estimate of drug-likeness (QED) is 0.780. The van der Waals surface area contributed by atoms with Gasteiger partial charge in [-0.25, -0.2) is 4.98 Å². The summed E-state index contributed by atoms with van der Waals surface area (Å²) in [5, 5.41) is 3.85. The molecule has 140 valence electrons. The van der Waals surface area contributed by atoms with Crippen LogP contribution in [-0.4, -0.2) is 77.5 Å². The third-order valence-corrected chi connectivity index (χ3v) is 4.75. The van der Waals surface area contributed by atoms with Crippen molar-refractivity contribution < 1.29 is 9.26 Å². The molecule has 0 amide bonds. The summed E-state index contributed by atoms with van der Waals surface area (Å²) in [6.45, 7) is 11.5. The highest BCUT2D eigenvalue weighted by Gasteiger charge is 2.22. The second kappa shape index (κ2) is 7.55. The molecule has 4 rings (SSSR count). The van der Waals surface area contributed by atoms with E-state index in [4.69, 9.17) is 14.2 Å². The van der Waals surface area contributed by atoms with Crippen molar-refractivity contribution in [3.8, 4) is 0 Å². The van der Waals surface area contributed by atoms with E-state index in [0.717, 1.165) is 69.9 Å². The van der Waals surface area contributed by atoms with Crippen molar-refractivity contribution >= 4 is 11.8 Å². The Morgan fingerprint density at radius 3 is 2.38 bits per heavy atom. The van der Waals surface area contributed by atoms with Crippen molar-refractivity contribution in [2.75, 3.05) is 62.3 Å². The van der Waals surface area contributed by atoms with Gasteiger partial charge in [0, 0.05) is 51.0 Å². The van der Waals surface area contributed by atoms with E-state index in [1.165, 1.54) is 0 Å². The fraction of sp³-hybridized carbons (Fsp3) is 0.647. The largest absolute Gasteiger partial charge is 0.378 e. The summed E-state index contributed by atoms with van der Waals surface area (Å²) in [5.41, 5.74) is 1.00. The zero-order valence-corrected chi connectivity index (χ0v) is 15.4. The van der Waals surface area contributed by atoms with E-state index in [2.05, 4.69) is 35.9 Å². The van der Waals surface area contributed by atoms with Crippen molar-refractivity contribution in [3.63, 3.8) is 0 Å². The van der Waals surface area contributed by atoms with Crippen molar-refractivity contribution in [1.82, 2.24) is 25.0 Å². The lowest BCUT2D eigenvalue weighted by Crippen LogP contribution is -2.46. The van der Waals surface area contributed by atoms with Gasteiger partial charge in [-0.15, -0.1) is 0 Å². The van der Waals surface area contributed by atoms with E-state index in [9.17, 15) is 0 Å². The Morgan fingerprint density at radius 2 is 1.69 bits per heavy atom. The molecule has 2 aliphatic heterocycles. The molecule has 0 radical (unpaired) electrons. The smallest absolute Gasteiger partial charge is 0.240 e. The number of anilines is 2. The molecule has 0 saturated carbocycles. The molecule has 0 aliphatic carbocycles. The average Bonchev–Trinajstić information content (AvgIpc) is 3.07. The third-order valence-electron chi connectivity index (χ3n) is 4.75. The molecule has 0 N–H and O–H groups in total. The molecule has 9 nitrogen and oxygen atoms in total. The van der Waals surface area contributed by atoms with Gasteiger partial charge in [0.15, 0.2) is 5.82 Å². The number of hydrogen-bond donors (Lipinski definition) is 0. The minimum atomic E-state index is 0.684. The molecule has 2 saturated heterocycles. The van der Waals surface area contributed by atoms with Crippen LogP contribution in [0.25, 0.3) is 0 Å². The number of hydrogen-bond acceptors (Lipinski definition) is 9. The summed E-state index contributed by atoms with van der Waals surface area (Å²) >= 11 is 0. The summed E-state index contributed by atoms with van der Waals surface area (Å²) in [7, 11) is 0. The number of morpholine rings is 1. The zero-order chi connectivity index (χ0) is 17.9. The second-order valence-corrected chi connectivity index (χ2v) is 6.77. The molecule has 0 unspecified atom stereocenters. The lowest BCUT2D eigenvalue weighted by atomic mass is 10.3. The van der Waals surface area contributed by atoms with Crippen LogP contribution in [0.5, 0.6) is 0 Å². The van der Waals surface area contributed by atoms with Gasteiger partial charge < -0.3 is 19.1 Å². The van der Waals surface area contributed by atoms with Crippen molar-refractivity contribution in [3.05, 3.63) is 23.5 Å². The molecule has 4 heterocycles. The molecule has 26 heavy (non-hydrogen) atoms. The Bertz CT molecular complexity index is 736. The van der Waals surface area contributed by atoms with Gasteiger partial charge in [0.05, 0.1) is 19.8 Å². The summed E-state index contributed by atoms with van der Waals surface area (Å²) < 4.78 is 10.7. The molecule has 2 aliphatic rings. The van der Waals surface area contributed by atoms with Crippen LogP contribution >= 0.6 is 0 Å². The van der Waals surface area contributed by atoms with Crippen LogP contribution in [0.3, 0.4) is 0 Å². The van der Waals surface area contributed by atoms with Gasteiger partial charge in [-0.2, -0.15) is 9.97 Å². The molecule has 2 fully saturated rings. The maximum absolute atomic E-state index is 5.43. The fourth-order valence-corrected chi connectivity index (χ4v) is 3.33. The Balaban J connectivity index is 1.39.